The summed E-state index contributed by atoms with van der Waals surface area (Å²) in [7, 11) is 0. The summed E-state index contributed by atoms with van der Waals surface area (Å²) in [5.41, 5.74) is 7.38. The summed E-state index contributed by atoms with van der Waals surface area (Å²) >= 11 is 0. The van der Waals surface area contributed by atoms with E-state index in [1.54, 1.807) is 12.1 Å². The van der Waals surface area contributed by atoms with Crippen molar-refractivity contribution >= 4 is 29.9 Å². The van der Waals surface area contributed by atoms with E-state index in [0.29, 0.717) is 25.7 Å². The van der Waals surface area contributed by atoms with Crippen LogP contribution in [-0.4, -0.2) is 43.7 Å². The number of aliphatic imine (C=N–C) groups is 1. The van der Waals surface area contributed by atoms with Crippen LogP contribution in [0.25, 0.3) is 0 Å². The quantitative estimate of drug-likeness (QED) is 0.440. The number of nitrogens with zero attached hydrogens (tertiary/aromatic N) is 2. The minimum atomic E-state index is -0.184. The molecule has 2 aliphatic rings. The molecular formula is C18H27FIN3O. The molecule has 2 fully saturated rings. The number of guanidine groups is 1. The van der Waals surface area contributed by atoms with Gasteiger partial charge in [-0.1, -0.05) is 31.4 Å². The van der Waals surface area contributed by atoms with Gasteiger partial charge in [-0.15, -0.1) is 24.0 Å². The van der Waals surface area contributed by atoms with E-state index in [9.17, 15) is 4.39 Å². The van der Waals surface area contributed by atoms with Gasteiger partial charge in [0.05, 0.1) is 19.8 Å². The van der Waals surface area contributed by atoms with Gasteiger partial charge in [0, 0.05) is 18.5 Å². The number of morpholine rings is 1. The number of ether oxygens (including phenoxy) is 1. The molecule has 0 spiro atoms. The second kappa shape index (κ2) is 8.99. The summed E-state index contributed by atoms with van der Waals surface area (Å²) in [6.07, 6.45) is 5.86. The molecule has 0 bridgehead atoms. The summed E-state index contributed by atoms with van der Waals surface area (Å²) in [6, 6.07) is 6.95. The molecule has 1 saturated carbocycles. The van der Waals surface area contributed by atoms with Crippen molar-refractivity contribution in [1.29, 1.82) is 0 Å². The third-order valence-corrected chi connectivity index (χ3v) is 5.15. The molecule has 0 amide bonds. The van der Waals surface area contributed by atoms with Crippen LogP contribution < -0.4 is 5.73 Å². The molecule has 3 rings (SSSR count). The third kappa shape index (κ3) is 4.59. The van der Waals surface area contributed by atoms with Gasteiger partial charge < -0.3 is 15.4 Å². The Kier molecular flexibility index (Phi) is 7.28. The second-order valence-electron chi connectivity index (χ2n) is 6.62. The van der Waals surface area contributed by atoms with Gasteiger partial charge in [-0.3, -0.25) is 4.99 Å². The molecule has 1 saturated heterocycles. The molecule has 6 heteroatoms. The molecule has 0 atom stereocenters. The number of hydrogen-bond donors (Lipinski definition) is 1. The van der Waals surface area contributed by atoms with Crippen molar-refractivity contribution < 1.29 is 9.13 Å². The maximum Gasteiger partial charge on any atom is 0.191 e. The smallest absolute Gasteiger partial charge is 0.191 e. The van der Waals surface area contributed by atoms with Crippen LogP contribution in [-0.2, 0) is 10.2 Å². The fraction of sp³-hybridized carbons (Fsp3) is 0.611. The zero-order valence-electron chi connectivity index (χ0n) is 14.0. The van der Waals surface area contributed by atoms with Crippen LogP contribution in [0.5, 0.6) is 0 Å². The highest BCUT2D eigenvalue weighted by molar-refractivity contribution is 14.0. The Morgan fingerprint density at radius 2 is 1.75 bits per heavy atom. The Hall–Kier alpha value is -0.890. The predicted octanol–water partition coefficient (Wildman–Crippen LogP) is 3.29. The number of nitrogens with two attached hydrogens (primary N) is 1. The molecule has 1 aliphatic carbocycles. The lowest BCUT2D eigenvalue weighted by atomic mass is 9.69. The van der Waals surface area contributed by atoms with Gasteiger partial charge in [-0.2, -0.15) is 0 Å². The van der Waals surface area contributed by atoms with Crippen LogP contribution in [0.15, 0.2) is 29.3 Å². The van der Waals surface area contributed by atoms with Crippen LogP contribution in [0, 0.1) is 5.82 Å². The summed E-state index contributed by atoms with van der Waals surface area (Å²) in [4.78, 5) is 6.80. The van der Waals surface area contributed by atoms with Crippen molar-refractivity contribution in [3.63, 3.8) is 0 Å². The summed E-state index contributed by atoms with van der Waals surface area (Å²) < 4.78 is 18.6. The first-order valence-electron chi connectivity index (χ1n) is 8.58. The third-order valence-electron chi connectivity index (χ3n) is 5.15. The molecule has 24 heavy (non-hydrogen) atoms. The maximum absolute atomic E-state index is 13.3. The van der Waals surface area contributed by atoms with E-state index in [1.807, 2.05) is 12.1 Å². The number of rotatable bonds is 3. The highest BCUT2D eigenvalue weighted by Gasteiger charge is 2.34. The maximum atomic E-state index is 13.3. The van der Waals surface area contributed by atoms with Crippen molar-refractivity contribution in [1.82, 2.24) is 4.90 Å². The van der Waals surface area contributed by atoms with E-state index in [-0.39, 0.29) is 35.2 Å². The average Bonchev–Trinajstić information content (AvgIpc) is 2.62. The SMILES string of the molecule is I.NC(=NCC1(c2ccc(F)cc2)CCCCC1)N1CCOCC1. The lowest BCUT2D eigenvalue weighted by Crippen LogP contribution is -2.45. The van der Waals surface area contributed by atoms with E-state index in [2.05, 4.69) is 4.90 Å². The fourth-order valence-corrected chi connectivity index (χ4v) is 3.69. The number of benzene rings is 1. The number of halogens is 2. The van der Waals surface area contributed by atoms with Crippen LogP contribution in [0.3, 0.4) is 0 Å². The van der Waals surface area contributed by atoms with Crippen LogP contribution in [0.4, 0.5) is 4.39 Å². The Balaban J connectivity index is 0.00000208. The Bertz CT molecular complexity index is 538. The standard InChI is InChI=1S/C18H26FN3O.HI/c19-16-6-4-15(5-7-16)18(8-2-1-3-9-18)14-21-17(20)22-10-12-23-13-11-22;/h4-7H,1-3,8-14H2,(H2,20,21);1H. The lowest BCUT2D eigenvalue weighted by Gasteiger charge is -2.37. The van der Waals surface area contributed by atoms with Crippen LogP contribution in [0.2, 0.25) is 0 Å². The van der Waals surface area contributed by atoms with Gasteiger partial charge in [0.2, 0.25) is 0 Å². The zero-order chi connectivity index (χ0) is 16.1. The first kappa shape index (κ1) is 19.4. The Morgan fingerprint density at radius 1 is 1.12 bits per heavy atom. The zero-order valence-corrected chi connectivity index (χ0v) is 16.4. The van der Waals surface area contributed by atoms with Crippen LogP contribution in [0.1, 0.15) is 37.7 Å². The van der Waals surface area contributed by atoms with E-state index in [0.717, 1.165) is 25.9 Å². The van der Waals surface area contributed by atoms with Crippen LogP contribution >= 0.6 is 24.0 Å². The first-order valence-corrected chi connectivity index (χ1v) is 8.58. The Morgan fingerprint density at radius 3 is 2.38 bits per heavy atom. The van der Waals surface area contributed by atoms with Crippen molar-refractivity contribution in [2.75, 3.05) is 32.8 Å². The van der Waals surface area contributed by atoms with Gasteiger partial charge in [0.25, 0.3) is 0 Å². The summed E-state index contributed by atoms with van der Waals surface area (Å²) in [6.45, 7) is 3.71. The molecule has 0 aromatic heterocycles. The van der Waals surface area contributed by atoms with Gasteiger partial charge in [0.15, 0.2) is 5.96 Å². The molecule has 1 aliphatic heterocycles. The number of hydrogen-bond acceptors (Lipinski definition) is 2. The average molecular weight is 447 g/mol. The fourth-order valence-electron chi connectivity index (χ4n) is 3.69. The molecule has 1 aromatic carbocycles. The molecular weight excluding hydrogens is 420 g/mol. The van der Waals surface area contributed by atoms with E-state index < -0.39 is 0 Å². The predicted molar refractivity (Wildman–Crippen MR) is 105 cm³/mol. The molecule has 1 heterocycles. The van der Waals surface area contributed by atoms with Crippen molar-refractivity contribution in [2.24, 2.45) is 10.7 Å². The van der Waals surface area contributed by atoms with E-state index >= 15 is 0 Å². The monoisotopic (exact) mass is 447 g/mol. The largest absolute Gasteiger partial charge is 0.378 e. The second-order valence-corrected chi connectivity index (χ2v) is 6.62. The Labute approximate surface area is 160 Å². The topological polar surface area (TPSA) is 50.8 Å². The van der Waals surface area contributed by atoms with Gasteiger partial charge >= 0.3 is 0 Å². The lowest BCUT2D eigenvalue weighted by molar-refractivity contribution is 0.0673. The highest BCUT2D eigenvalue weighted by atomic mass is 127. The van der Waals surface area contributed by atoms with Crippen molar-refractivity contribution in [3.05, 3.63) is 35.6 Å². The molecule has 134 valence electrons. The van der Waals surface area contributed by atoms with E-state index in [1.165, 1.54) is 24.8 Å². The molecule has 0 unspecified atom stereocenters. The van der Waals surface area contributed by atoms with Gasteiger partial charge in [0.1, 0.15) is 5.82 Å². The van der Waals surface area contributed by atoms with Crippen molar-refractivity contribution in [2.45, 2.75) is 37.5 Å². The minimum Gasteiger partial charge on any atom is -0.378 e. The van der Waals surface area contributed by atoms with Gasteiger partial charge in [-0.25, -0.2) is 4.39 Å². The highest BCUT2D eigenvalue weighted by Crippen LogP contribution is 2.39. The summed E-state index contributed by atoms with van der Waals surface area (Å²) in [5, 5.41) is 0. The summed E-state index contributed by atoms with van der Waals surface area (Å²) in [5.74, 6) is 0.427. The minimum absolute atomic E-state index is 0. The molecule has 2 N–H and O–H groups in total. The first-order chi connectivity index (χ1) is 11.2. The molecule has 1 aromatic rings. The molecule has 4 nitrogen and oxygen atoms in total. The molecule has 0 radical (unpaired) electrons. The van der Waals surface area contributed by atoms with Crippen molar-refractivity contribution in [3.8, 4) is 0 Å². The van der Waals surface area contributed by atoms with Gasteiger partial charge in [-0.05, 0) is 30.5 Å². The van der Waals surface area contributed by atoms with E-state index in [4.69, 9.17) is 15.5 Å². The normalized spacial score (nSPS) is 21.2.